The molecule has 4 nitrogen and oxygen atoms in total. The largest absolute Gasteiger partial charge is 0.496 e. The van der Waals surface area contributed by atoms with Gasteiger partial charge in [0.1, 0.15) is 5.75 Å². The van der Waals surface area contributed by atoms with Crippen molar-refractivity contribution >= 4 is 11.6 Å². The third-order valence-corrected chi connectivity index (χ3v) is 5.80. The lowest BCUT2D eigenvalue weighted by atomic mass is 10.0. The van der Waals surface area contributed by atoms with Gasteiger partial charge < -0.3 is 15.8 Å². The van der Waals surface area contributed by atoms with E-state index in [2.05, 4.69) is 5.32 Å². The number of hydrogen-bond acceptors (Lipinski definition) is 3. The number of carbonyl (C=O) groups excluding carboxylic acids is 1. The number of anilines is 1. The molecule has 1 aromatic rings. The Morgan fingerprint density at radius 1 is 1.33 bits per heavy atom. The third-order valence-electron chi connectivity index (χ3n) is 5.80. The van der Waals surface area contributed by atoms with E-state index in [1.807, 2.05) is 18.2 Å². The van der Waals surface area contributed by atoms with Crippen LogP contribution in [-0.2, 0) is 11.3 Å². The summed E-state index contributed by atoms with van der Waals surface area (Å²) in [6.07, 6.45) is 4.07. The van der Waals surface area contributed by atoms with E-state index < -0.39 is 0 Å². The zero-order valence-electron chi connectivity index (χ0n) is 12.3. The molecule has 3 aliphatic carbocycles. The van der Waals surface area contributed by atoms with Crippen molar-refractivity contribution in [2.24, 2.45) is 29.6 Å². The van der Waals surface area contributed by atoms with Crippen molar-refractivity contribution in [1.82, 2.24) is 5.32 Å². The van der Waals surface area contributed by atoms with Crippen LogP contribution in [0.3, 0.4) is 0 Å². The van der Waals surface area contributed by atoms with Crippen LogP contribution in [0, 0.1) is 29.6 Å². The van der Waals surface area contributed by atoms with E-state index >= 15 is 0 Å². The summed E-state index contributed by atoms with van der Waals surface area (Å²) in [6.45, 7) is 0.498. The molecule has 0 saturated heterocycles. The van der Waals surface area contributed by atoms with E-state index in [0.717, 1.165) is 23.1 Å². The van der Waals surface area contributed by atoms with E-state index in [1.165, 1.54) is 19.3 Å². The predicted octanol–water partition coefficient (Wildman–Crippen LogP) is 2.19. The lowest BCUT2D eigenvalue weighted by molar-refractivity contribution is -0.123. The van der Waals surface area contributed by atoms with Gasteiger partial charge in [0, 0.05) is 23.7 Å². The maximum atomic E-state index is 12.4. The average Bonchev–Trinajstić information content (AvgIpc) is 2.93. The topological polar surface area (TPSA) is 64.3 Å². The molecule has 3 N–H and O–H groups in total. The van der Waals surface area contributed by atoms with Crippen LogP contribution >= 0.6 is 0 Å². The number of hydrogen-bond donors (Lipinski definition) is 2. The highest BCUT2D eigenvalue weighted by Crippen LogP contribution is 2.69. The Bertz CT molecular complexity index is 570. The Hall–Kier alpha value is -1.71. The Morgan fingerprint density at radius 3 is 2.71 bits per heavy atom. The molecule has 1 aromatic carbocycles. The fourth-order valence-electron chi connectivity index (χ4n) is 4.91. The van der Waals surface area contributed by atoms with Crippen LogP contribution in [-0.4, -0.2) is 13.0 Å². The van der Waals surface area contributed by atoms with Gasteiger partial charge >= 0.3 is 0 Å². The Balaban J connectivity index is 1.40. The van der Waals surface area contributed by atoms with Crippen molar-refractivity contribution in [1.29, 1.82) is 0 Å². The van der Waals surface area contributed by atoms with E-state index in [4.69, 9.17) is 10.5 Å². The number of ether oxygens (including phenoxy) is 1. The maximum Gasteiger partial charge on any atom is 0.223 e. The van der Waals surface area contributed by atoms with Crippen molar-refractivity contribution in [2.75, 3.05) is 12.8 Å². The second kappa shape index (κ2) is 4.65. The minimum atomic E-state index is 0.228. The molecule has 4 rings (SSSR count). The van der Waals surface area contributed by atoms with Crippen LogP contribution in [0.15, 0.2) is 18.2 Å². The number of fused-ring (bicyclic) bond motifs is 5. The summed E-state index contributed by atoms with van der Waals surface area (Å²) in [7, 11) is 1.64. The smallest absolute Gasteiger partial charge is 0.223 e. The van der Waals surface area contributed by atoms with E-state index in [-0.39, 0.29) is 11.8 Å². The molecule has 0 radical (unpaired) electrons. The van der Waals surface area contributed by atoms with Crippen molar-refractivity contribution in [3.63, 3.8) is 0 Å². The van der Waals surface area contributed by atoms with Crippen LogP contribution in [0.5, 0.6) is 5.75 Å². The monoisotopic (exact) mass is 286 g/mol. The normalized spacial score (nSPS) is 35.4. The van der Waals surface area contributed by atoms with Crippen LogP contribution in [0.4, 0.5) is 5.69 Å². The molecule has 112 valence electrons. The highest BCUT2D eigenvalue weighted by atomic mass is 16.5. The van der Waals surface area contributed by atoms with Gasteiger partial charge in [0.05, 0.1) is 7.11 Å². The zero-order chi connectivity index (χ0) is 14.6. The van der Waals surface area contributed by atoms with Gasteiger partial charge in [-0.25, -0.2) is 0 Å². The van der Waals surface area contributed by atoms with Gasteiger partial charge in [-0.2, -0.15) is 0 Å². The molecule has 3 fully saturated rings. The highest BCUT2D eigenvalue weighted by Gasteiger charge is 2.67. The third kappa shape index (κ3) is 2.00. The molecule has 0 aliphatic heterocycles. The summed E-state index contributed by atoms with van der Waals surface area (Å²) in [5.74, 6) is 4.32. The number of amides is 1. The first-order valence-corrected chi connectivity index (χ1v) is 7.89. The molecule has 4 heteroatoms. The fourth-order valence-corrected chi connectivity index (χ4v) is 4.91. The van der Waals surface area contributed by atoms with Crippen LogP contribution in [0.25, 0.3) is 0 Å². The first-order chi connectivity index (χ1) is 10.2. The number of nitrogens with two attached hydrogens (primary N) is 1. The highest BCUT2D eigenvalue weighted by molar-refractivity contribution is 5.82. The van der Waals surface area contributed by atoms with Gasteiger partial charge in [-0.1, -0.05) is 0 Å². The first kappa shape index (κ1) is 13.0. The zero-order valence-corrected chi connectivity index (χ0v) is 12.3. The molecule has 2 bridgehead atoms. The van der Waals surface area contributed by atoms with Gasteiger partial charge in [-0.3, -0.25) is 4.79 Å². The SMILES string of the molecule is COc1ccc(N)cc1CNC(=O)C1C2C3CCC(C3)C12. The maximum absolute atomic E-state index is 12.4. The molecule has 3 aliphatic rings. The van der Waals surface area contributed by atoms with Gasteiger partial charge in [0.25, 0.3) is 0 Å². The van der Waals surface area contributed by atoms with Gasteiger partial charge in [0.15, 0.2) is 0 Å². The van der Waals surface area contributed by atoms with Crippen LogP contribution in [0.1, 0.15) is 24.8 Å². The van der Waals surface area contributed by atoms with Gasteiger partial charge in [-0.05, 0) is 61.1 Å². The second-order valence-corrected chi connectivity index (χ2v) is 6.80. The van der Waals surface area contributed by atoms with Crippen molar-refractivity contribution in [2.45, 2.75) is 25.8 Å². The molecule has 4 atom stereocenters. The lowest BCUT2D eigenvalue weighted by Crippen LogP contribution is -2.27. The first-order valence-electron chi connectivity index (χ1n) is 7.89. The molecule has 0 spiro atoms. The molecule has 4 unspecified atom stereocenters. The standard InChI is InChI=1S/C17H22N2O2/c1-21-13-5-4-12(18)7-11(13)8-19-17(20)16-14-9-2-3-10(6-9)15(14)16/h4-5,7,9-10,14-16H,2-3,6,8,18H2,1H3,(H,19,20). The van der Waals surface area contributed by atoms with Gasteiger partial charge in [-0.15, -0.1) is 0 Å². The molecule has 21 heavy (non-hydrogen) atoms. The van der Waals surface area contributed by atoms with Crippen molar-refractivity contribution < 1.29 is 9.53 Å². The summed E-state index contributed by atoms with van der Waals surface area (Å²) in [4.78, 5) is 12.4. The number of rotatable bonds is 4. The predicted molar refractivity (Wildman–Crippen MR) is 80.6 cm³/mol. The molecule has 1 amide bonds. The summed E-state index contributed by atoms with van der Waals surface area (Å²) in [5, 5.41) is 3.09. The minimum Gasteiger partial charge on any atom is -0.496 e. The molecule has 3 saturated carbocycles. The van der Waals surface area contributed by atoms with E-state index in [0.29, 0.717) is 24.1 Å². The Labute approximate surface area is 125 Å². The molecular weight excluding hydrogens is 264 g/mol. The molecule has 0 heterocycles. The average molecular weight is 286 g/mol. The summed E-state index contributed by atoms with van der Waals surface area (Å²) < 4.78 is 5.32. The molecule has 0 aromatic heterocycles. The Kier molecular flexibility index (Phi) is 2.88. The van der Waals surface area contributed by atoms with Gasteiger partial charge in [0.2, 0.25) is 5.91 Å². The van der Waals surface area contributed by atoms with Crippen molar-refractivity contribution in [3.05, 3.63) is 23.8 Å². The second-order valence-electron chi connectivity index (χ2n) is 6.80. The molecular formula is C17H22N2O2. The number of nitrogen functional groups attached to an aromatic ring is 1. The van der Waals surface area contributed by atoms with E-state index in [9.17, 15) is 4.79 Å². The fraction of sp³-hybridized carbons (Fsp3) is 0.588. The van der Waals surface area contributed by atoms with Crippen LogP contribution < -0.4 is 15.8 Å². The number of benzene rings is 1. The number of methoxy groups -OCH3 is 1. The van der Waals surface area contributed by atoms with Crippen molar-refractivity contribution in [3.8, 4) is 5.75 Å². The number of nitrogens with one attached hydrogen (secondary N) is 1. The summed E-state index contributed by atoms with van der Waals surface area (Å²) in [6, 6.07) is 5.53. The van der Waals surface area contributed by atoms with Crippen LogP contribution in [0.2, 0.25) is 0 Å². The number of carbonyl (C=O) groups is 1. The van der Waals surface area contributed by atoms with E-state index in [1.54, 1.807) is 7.11 Å². The minimum absolute atomic E-state index is 0.228. The summed E-state index contributed by atoms with van der Waals surface area (Å²) >= 11 is 0. The summed E-state index contributed by atoms with van der Waals surface area (Å²) in [5.41, 5.74) is 7.45. The lowest BCUT2D eigenvalue weighted by Gasteiger charge is -2.12. The Morgan fingerprint density at radius 2 is 2.05 bits per heavy atom. The quantitative estimate of drug-likeness (QED) is 0.834.